The molecule has 2 rings (SSSR count). The minimum Gasteiger partial charge on any atom is -0.394 e. The zero-order valence-electron chi connectivity index (χ0n) is 11.3. The maximum absolute atomic E-state index is 13.7. The van der Waals surface area contributed by atoms with Gasteiger partial charge < -0.3 is 10.0 Å². The number of rotatable bonds is 3. The Morgan fingerprint density at radius 2 is 2.20 bits per heavy atom. The normalized spacial score (nSPS) is 19.8. The third kappa shape index (κ3) is 3.49. The smallest absolute Gasteiger partial charge is 0.227 e. The number of carbonyl (C=O) groups excluding carboxylic acids is 1. The molecule has 1 unspecified atom stereocenters. The third-order valence-electron chi connectivity index (χ3n) is 3.80. The zero-order chi connectivity index (χ0) is 14.5. The van der Waals surface area contributed by atoms with Crippen molar-refractivity contribution in [3.05, 3.63) is 34.6 Å². The molecule has 1 aromatic rings. The topological polar surface area (TPSA) is 40.5 Å². The maximum Gasteiger partial charge on any atom is 0.227 e. The molecule has 20 heavy (non-hydrogen) atoms. The number of nitrogens with zero attached hydrogens (tertiary/aromatic N) is 1. The van der Waals surface area contributed by atoms with Gasteiger partial charge in [-0.2, -0.15) is 0 Å². The second kappa shape index (κ2) is 7.04. The van der Waals surface area contributed by atoms with E-state index in [1.54, 1.807) is 11.0 Å². The number of hydrogen-bond acceptors (Lipinski definition) is 2. The molecule has 1 aliphatic rings. The number of aliphatic hydroxyl groups is 1. The van der Waals surface area contributed by atoms with Crippen molar-refractivity contribution in [3.8, 4) is 0 Å². The Bertz CT molecular complexity index is 461. The van der Waals surface area contributed by atoms with E-state index in [4.69, 9.17) is 11.6 Å². The Hall–Kier alpha value is -1.13. The summed E-state index contributed by atoms with van der Waals surface area (Å²) in [5.41, 5.74) is 0.236. The van der Waals surface area contributed by atoms with E-state index >= 15 is 0 Å². The van der Waals surface area contributed by atoms with Crippen molar-refractivity contribution in [1.82, 2.24) is 4.90 Å². The molecule has 1 saturated heterocycles. The number of likely N-dealkylation sites (tertiary alicyclic amines) is 1. The molecule has 0 radical (unpaired) electrons. The summed E-state index contributed by atoms with van der Waals surface area (Å²) in [4.78, 5) is 14.1. The van der Waals surface area contributed by atoms with Crippen molar-refractivity contribution in [2.24, 2.45) is 0 Å². The molecule has 0 spiro atoms. The fourth-order valence-electron chi connectivity index (χ4n) is 2.65. The Morgan fingerprint density at radius 3 is 2.90 bits per heavy atom. The summed E-state index contributed by atoms with van der Waals surface area (Å²) in [5.74, 6) is -0.626. The average Bonchev–Trinajstić information content (AvgIpc) is 2.68. The number of amides is 1. The molecule has 3 nitrogen and oxygen atoms in total. The van der Waals surface area contributed by atoms with Crippen molar-refractivity contribution in [1.29, 1.82) is 0 Å². The molecule has 5 heteroatoms. The first-order valence-electron chi connectivity index (χ1n) is 6.96. The zero-order valence-corrected chi connectivity index (χ0v) is 12.1. The van der Waals surface area contributed by atoms with Gasteiger partial charge in [-0.15, -0.1) is 0 Å². The summed E-state index contributed by atoms with van der Waals surface area (Å²) < 4.78 is 13.7. The second-order valence-electron chi connectivity index (χ2n) is 5.15. The summed E-state index contributed by atoms with van der Waals surface area (Å²) in [6.45, 7) is 0.576. The SMILES string of the molecule is O=C(Cc1c(F)cccc1Cl)N1CCCCCC1CO. The Labute approximate surface area is 123 Å². The van der Waals surface area contributed by atoms with Gasteiger partial charge in [-0.25, -0.2) is 4.39 Å². The first-order chi connectivity index (χ1) is 9.63. The summed E-state index contributed by atoms with van der Waals surface area (Å²) in [5, 5.41) is 9.69. The summed E-state index contributed by atoms with van der Waals surface area (Å²) in [6.07, 6.45) is 3.73. The van der Waals surface area contributed by atoms with Gasteiger partial charge in [-0.05, 0) is 25.0 Å². The molecule has 1 atom stereocenters. The predicted octanol–water partition coefficient (Wildman–Crippen LogP) is 2.79. The van der Waals surface area contributed by atoms with Crippen molar-refractivity contribution in [2.45, 2.75) is 38.1 Å². The predicted molar refractivity (Wildman–Crippen MR) is 76.2 cm³/mol. The third-order valence-corrected chi connectivity index (χ3v) is 4.15. The lowest BCUT2D eigenvalue weighted by Crippen LogP contribution is -2.43. The van der Waals surface area contributed by atoms with E-state index in [1.807, 2.05) is 0 Å². The highest BCUT2D eigenvalue weighted by Gasteiger charge is 2.25. The largest absolute Gasteiger partial charge is 0.394 e. The summed E-state index contributed by atoms with van der Waals surface area (Å²) in [6, 6.07) is 4.25. The van der Waals surface area contributed by atoms with E-state index in [0.29, 0.717) is 6.54 Å². The van der Waals surface area contributed by atoms with Crippen LogP contribution >= 0.6 is 11.6 Å². The number of halogens is 2. The molecule has 1 fully saturated rings. The lowest BCUT2D eigenvalue weighted by Gasteiger charge is -2.29. The minimum atomic E-state index is -0.457. The van der Waals surface area contributed by atoms with Gasteiger partial charge in [0.15, 0.2) is 0 Å². The first-order valence-corrected chi connectivity index (χ1v) is 7.34. The van der Waals surface area contributed by atoms with Crippen molar-refractivity contribution in [3.63, 3.8) is 0 Å². The van der Waals surface area contributed by atoms with Gasteiger partial charge >= 0.3 is 0 Å². The van der Waals surface area contributed by atoms with Crippen LogP contribution in [-0.4, -0.2) is 35.1 Å². The van der Waals surface area contributed by atoms with Crippen LogP contribution in [0.1, 0.15) is 31.2 Å². The molecule has 1 aliphatic heterocycles. The molecule has 0 aromatic heterocycles. The standard InChI is InChI=1S/C15H19ClFNO2/c16-13-6-4-7-14(17)12(13)9-15(20)18-8-3-1-2-5-11(18)10-19/h4,6-7,11,19H,1-3,5,8-10H2. The molecule has 1 N–H and O–H groups in total. The van der Waals surface area contributed by atoms with Crippen molar-refractivity contribution >= 4 is 17.5 Å². The maximum atomic E-state index is 13.7. The van der Waals surface area contributed by atoms with E-state index in [1.165, 1.54) is 12.1 Å². The minimum absolute atomic E-state index is 0.0449. The number of benzene rings is 1. The molecule has 110 valence electrons. The van der Waals surface area contributed by atoms with Crippen LogP contribution in [0.2, 0.25) is 5.02 Å². The molecule has 0 bridgehead atoms. The van der Waals surface area contributed by atoms with Crippen LogP contribution < -0.4 is 0 Å². The fourth-order valence-corrected chi connectivity index (χ4v) is 2.88. The van der Waals surface area contributed by atoms with Crippen LogP contribution in [0.15, 0.2) is 18.2 Å². The molecule has 1 heterocycles. The quantitative estimate of drug-likeness (QED) is 0.932. The van der Waals surface area contributed by atoms with Gasteiger partial charge in [0.05, 0.1) is 19.1 Å². The Balaban J connectivity index is 2.13. The van der Waals surface area contributed by atoms with E-state index in [0.717, 1.165) is 25.7 Å². The number of hydrogen-bond donors (Lipinski definition) is 1. The summed E-state index contributed by atoms with van der Waals surface area (Å²) in [7, 11) is 0. The molecule has 1 aromatic carbocycles. The van der Waals surface area contributed by atoms with E-state index in [2.05, 4.69) is 0 Å². The lowest BCUT2D eigenvalue weighted by molar-refractivity contribution is -0.133. The van der Waals surface area contributed by atoms with E-state index in [-0.39, 0.29) is 35.6 Å². The molecule has 1 amide bonds. The van der Waals surface area contributed by atoms with Gasteiger partial charge in [0.2, 0.25) is 5.91 Å². The highest BCUT2D eigenvalue weighted by Crippen LogP contribution is 2.22. The van der Waals surface area contributed by atoms with Crippen LogP contribution in [0.5, 0.6) is 0 Å². The van der Waals surface area contributed by atoms with Crippen LogP contribution in [0, 0.1) is 5.82 Å². The van der Waals surface area contributed by atoms with Crippen LogP contribution in [0.3, 0.4) is 0 Å². The highest BCUT2D eigenvalue weighted by molar-refractivity contribution is 6.31. The average molecular weight is 300 g/mol. The van der Waals surface area contributed by atoms with Gasteiger partial charge in [0.1, 0.15) is 5.82 Å². The fraction of sp³-hybridized carbons (Fsp3) is 0.533. The van der Waals surface area contributed by atoms with Crippen LogP contribution in [0.4, 0.5) is 4.39 Å². The second-order valence-corrected chi connectivity index (χ2v) is 5.56. The van der Waals surface area contributed by atoms with Gasteiger partial charge in [0, 0.05) is 17.1 Å². The van der Waals surface area contributed by atoms with E-state index in [9.17, 15) is 14.3 Å². The van der Waals surface area contributed by atoms with Gasteiger partial charge in [-0.3, -0.25) is 4.79 Å². The Morgan fingerprint density at radius 1 is 1.40 bits per heavy atom. The van der Waals surface area contributed by atoms with Crippen LogP contribution in [-0.2, 0) is 11.2 Å². The molecular weight excluding hydrogens is 281 g/mol. The number of carbonyl (C=O) groups is 1. The molecular formula is C15H19ClFNO2. The highest BCUT2D eigenvalue weighted by atomic mass is 35.5. The molecule has 0 saturated carbocycles. The van der Waals surface area contributed by atoms with Crippen LogP contribution in [0.25, 0.3) is 0 Å². The van der Waals surface area contributed by atoms with E-state index < -0.39 is 5.82 Å². The summed E-state index contributed by atoms with van der Waals surface area (Å²) >= 11 is 5.95. The molecule has 0 aliphatic carbocycles. The van der Waals surface area contributed by atoms with Crippen molar-refractivity contribution in [2.75, 3.05) is 13.2 Å². The van der Waals surface area contributed by atoms with Gasteiger partial charge in [-0.1, -0.05) is 30.5 Å². The van der Waals surface area contributed by atoms with Crippen molar-refractivity contribution < 1.29 is 14.3 Å². The monoisotopic (exact) mass is 299 g/mol. The Kier molecular flexibility index (Phi) is 5.38. The lowest BCUT2D eigenvalue weighted by atomic mass is 10.1. The van der Waals surface area contributed by atoms with Gasteiger partial charge in [0.25, 0.3) is 0 Å². The first kappa shape index (κ1) is 15.3. The number of aliphatic hydroxyl groups excluding tert-OH is 1.